The first kappa shape index (κ1) is 8.01. The Bertz CT molecular complexity index is 332. The molecule has 1 saturated carbocycles. The van der Waals surface area contributed by atoms with Crippen LogP contribution in [0.15, 0.2) is 0 Å². The van der Waals surface area contributed by atoms with Gasteiger partial charge in [-0.05, 0) is 12.8 Å². The topological polar surface area (TPSA) is 50.2 Å². The first-order chi connectivity index (χ1) is 5.68. The predicted molar refractivity (Wildman–Crippen MR) is 46.1 cm³/mol. The van der Waals surface area contributed by atoms with Gasteiger partial charge in [-0.15, -0.1) is 11.3 Å². The summed E-state index contributed by atoms with van der Waals surface area (Å²) in [4.78, 5) is 14.7. The number of aromatic carboxylic acids is 1. The van der Waals surface area contributed by atoms with Gasteiger partial charge in [-0.25, -0.2) is 9.78 Å². The van der Waals surface area contributed by atoms with Crippen LogP contribution in [-0.4, -0.2) is 16.1 Å². The molecular formula is C7H6ClNO2S. The Morgan fingerprint density at radius 1 is 1.67 bits per heavy atom. The predicted octanol–water partition coefficient (Wildman–Crippen LogP) is 2.37. The Morgan fingerprint density at radius 3 is 2.75 bits per heavy atom. The van der Waals surface area contributed by atoms with Crippen LogP contribution in [0.4, 0.5) is 0 Å². The molecule has 0 amide bonds. The fourth-order valence-electron chi connectivity index (χ4n) is 0.954. The van der Waals surface area contributed by atoms with Crippen molar-refractivity contribution in [1.82, 2.24) is 4.98 Å². The minimum absolute atomic E-state index is 0.134. The summed E-state index contributed by atoms with van der Waals surface area (Å²) in [5.74, 6) is -0.509. The second-order valence-electron chi connectivity index (χ2n) is 2.75. The van der Waals surface area contributed by atoms with Gasteiger partial charge in [-0.2, -0.15) is 0 Å². The zero-order valence-electron chi connectivity index (χ0n) is 6.08. The average Bonchev–Trinajstić information content (AvgIpc) is 2.75. The second kappa shape index (κ2) is 2.71. The summed E-state index contributed by atoms with van der Waals surface area (Å²) in [5, 5.41) is 9.67. The van der Waals surface area contributed by atoms with Gasteiger partial charge < -0.3 is 5.11 Å². The molecule has 0 aromatic carbocycles. The molecule has 5 heteroatoms. The quantitative estimate of drug-likeness (QED) is 0.803. The number of carboxylic acids is 1. The van der Waals surface area contributed by atoms with E-state index in [-0.39, 0.29) is 10.0 Å². The Balaban J connectivity index is 2.36. The molecule has 0 radical (unpaired) electrons. The van der Waals surface area contributed by atoms with E-state index < -0.39 is 5.97 Å². The third kappa shape index (κ3) is 1.32. The van der Waals surface area contributed by atoms with Gasteiger partial charge in [0.05, 0.1) is 5.01 Å². The molecule has 0 bridgehead atoms. The van der Waals surface area contributed by atoms with Crippen LogP contribution < -0.4 is 0 Å². The van der Waals surface area contributed by atoms with Crippen molar-refractivity contribution >= 4 is 28.9 Å². The fraction of sp³-hybridized carbons (Fsp3) is 0.429. The summed E-state index contributed by atoms with van der Waals surface area (Å²) < 4.78 is 0. The van der Waals surface area contributed by atoms with Crippen LogP contribution in [0.5, 0.6) is 0 Å². The normalized spacial score (nSPS) is 16.4. The van der Waals surface area contributed by atoms with Gasteiger partial charge in [0.2, 0.25) is 0 Å². The number of hydrogen-bond donors (Lipinski definition) is 1. The molecule has 12 heavy (non-hydrogen) atoms. The van der Waals surface area contributed by atoms with Crippen LogP contribution in [0.25, 0.3) is 0 Å². The molecule has 2 rings (SSSR count). The highest BCUT2D eigenvalue weighted by molar-refractivity contribution is 7.14. The van der Waals surface area contributed by atoms with Crippen LogP contribution in [0, 0.1) is 0 Å². The average molecular weight is 204 g/mol. The lowest BCUT2D eigenvalue weighted by Gasteiger charge is -1.83. The molecule has 0 unspecified atom stereocenters. The molecule has 0 atom stereocenters. The number of rotatable bonds is 2. The second-order valence-corrected chi connectivity index (χ2v) is 4.14. The van der Waals surface area contributed by atoms with E-state index in [0.29, 0.717) is 5.92 Å². The molecule has 0 spiro atoms. The Kier molecular flexibility index (Phi) is 1.81. The van der Waals surface area contributed by atoms with E-state index in [0.717, 1.165) is 17.8 Å². The molecule has 1 heterocycles. The van der Waals surface area contributed by atoms with Crippen LogP contribution in [0.2, 0.25) is 5.15 Å². The summed E-state index contributed by atoms with van der Waals surface area (Å²) in [6.45, 7) is 0. The van der Waals surface area contributed by atoms with Crippen molar-refractivity contribution in [3.8, 4) is 0 Å². The molecule has 1 N–H and O–H groups in total. The van der Waals surface area contributed by atoms with Crippen molar-refractivity contribution < 1.29 is 9.90 Å². The van der Waals surface area contributed by atoms with Crippen molar-refractivity contribution in [2.75, 3.05) is 0 Å². The minimum atomic E-state index is -0.982. The number of carboxylic acid groups (broad SMARTS) is 1. The third-order valence-corrected chi connectivity index (χ3v) is 3.31. The van der Waals surface area contributed by atoms with Crippen molar-refractivity contribution in [3.05, 3.63) is 15.0 Å². The number of thiazole rings is 1. The Morgan fingerprint density at radius 2 is 2.33 bits per heavy atom. The molecule has 0 saturated heterocycles. The molecule has 1 aromatic rings. The first-order valence-electron chi connectivity index (χ1n) is 3.58. The fourth-order valence-corrected chi connectivity index (χ4v) is 2.26. The summed E-state index contributed by atoms with van der Waals surface area (Å²) in [6, 6.07) is 0. The van der Waals surface area contributed by atoms with Gasteiger partial charge in [0.25, 0.3) is 0 Å². The third-order valence-electron chi connectivity index (χ3n) is 1.72. The van der Waals surface area contributed by atoms with Crippen molar-refractivity contribution in [2.45, 2.75) is 18.8 Å². The van der Waals surface area contributed by atoms with Crippen molar-refractivity contribution in [3.63, 3.8) is 0 Å². The maximum absolute atomic E-state index is 10.6. The Labute approximate surface area is 78.0 Å². The standard InChI is InChI=1S/C7H6ClNO2S/c8-5-4(7(10)11)12-6(9-5)3-1-2-3/h3H,1-2H2,(H,10,11). The zero-order valence-corrected chi connectivity index (χ0v) is 7.65. The van der Waals surface area contributed by atoms with Crippen LogP contribution in [0.1, 0.15) is 33.4 Å². The molecule has 3 nitrogen and oxygen atoms in total. The highest BCUT2D eigenvalue weighted by Crippen LogP contribution is 2.43. The number of carbonyl (C=O) groups is 1. The van der Waals surface area contributed by atoms with Gasteiger partial charge in [0.1, 0.15) is 0 Å². The SMILES string of the molecule is O=C(O)c1sc(C2CC2)nc1Cl. The summed E-state index contributed by atoms with van der Waals surface area (Å²) in [6.07, 6.45) is 2.23. The van der Waals surface area contributed by atoms with Gasteiger partial charge >= 0.3 is 5.97 Å². The number of aromatic nitrogens is 1. The molecular weight excluding hydrogens is 198 g/mol. The van der Waals surface area contributed by atoms with E-state index in [1.54, 1.807) is 0 Å². The van der Waals surface area contributed by atoms with Crippen LogP contribution in [-0.2, 0) is 0 Å². The number of nitrogens with zero attached hydrogens (tertiary/aromatic N) is 1. The summed E-state index contributed by atoms with van der Waals surface area (Å²) in [5.41, 5.74) is 0. The van der Waals surface area contributed by atoms with Crippen molar-refractivity contribution in [1.29, 1.82) is 0 Å². The molecule has 0 aliphatic heterocycles. The monoisotopic (exact) mass is 203 g/mol. The highest BCUT2D eigenvalue weighted by atomic mass is 35.5. The van der Waals surface area contributed by atoms with Crippen LogP contribution >= 0.6 is 22.9 Å². The van der Waals surface area contributed by atoms with Crippen molar-refractivity contribution in [2.24, 2.45) is 0 Å². The lowest BCUT2D eigenvalue weighted by Crippen LogP contribution is -1.91. The van der Waals surface area contributed by atoms with Crippen LogP contribution in [0.3, 0.4) is 0 Å². The van der Waals surface area contributed by atoms with E-state index in [2.05, 4.69) is 4.98 Å². The van der Waals surface area contributed by atoms with Gasteiger partial charge in [0.15, 0.2) is 10.0 Å². The maximum atomic E-state index is 10.6. The van der Waals surface area contributed by atoms with E-state index >= 15 is 0 Å². The minimum Gasteiger partial charge on any atom is -0.477 e. The molecule has 1 aromatic heterocycles. The first-order valence-corrected chi connectivity index (χ1v) is 4.77. The number of hydrogen-bond acceptors (Lipinski definition) is 3. The molecule has 64 valence electrons. The maximum Gasteiger partial charge on any atom is 0.349 e. The lowest BCUT2D eigenvalue weighted by atomic mass is 10.5. The van der Waals surface area contributed by atoms with Gasteiger partial charge in [-0.1, -0.05) is 11.6 Å². The smallest absolute Gasteiger partial charge is 0.349 e. The van der Waals surface area contributed by atoms with Gasteiger partial charge in [0, 0.05) is 5.92 Å². The van der Waals surface area contributed by atoms with E-state index in [4.69, 9.17) is 16.7 Å². The molecule has 1 aliphatic carbocycles. The number of halogens is 1. The van der Waals surface area contributed by atoms with E-state index in [9.17, 15) is 4.79 Å². The van der Waals surface area contributed by atoms with E-state index in [1.807, 2.05) is 0 Å². The molecule has 1 aliphatic rings. The van der Waals surface area contributed by atoms with E-state index in [1.165, 1.54) is 11.3 Å². The highest BCUT2D eigenvalue weighted by Gasteiger charge is 2.29. The van der Waals surface area contributed by atoms with Gasteiger partial charge in [-0.3, -0.25) is 0 Å². The molecule has 1 fully saturated rings. The Hall–Kier alpha value is -0.610. The lowest BCUT2D eigenvalue weighted by molar-refractivity contribution is 0.0702. The largest absolute Gasteiger partial charge is 0.477 e. The zero-order chi connectivity index (χ0) is 8.72. The summed E-state index contributed by atoms with van der Waals surface area (Å²) >= 11 is 6.83. The summed E-state index contributed by atoms with van der Waals surface area (Å²) in [7, 11) is 0.